The van der Waals surface area contributed by atoms with Crippen LogP contribution in [0.15, 0.2) is 0 Å². The van der Waals surface area contributed by atoms with Crippen molar-refractivity contribution in [2.24, 2.45) is 35.5 Å². The second kappa shape index (κ2) is 4.47. The molecule has 0 amide bonds. The smallest absolute Gasteiger partial charge is 0.0352 e. The molecule has 0 aromatic carbocycles. The number of rotatable bonds is 3. The molecule has 2 rings (SSSR count). The average Bonchev–Trinajstić information content (AvgIpc) is 2.45. The van der Waals surface area contributed by atoms with E-state index in [1.165, 1.54) is 12.8 Å². The lowest BCUT2D eigenvalue weighted by Crippen LogP contribution is -2.27. The van der Waals surface area contributed by atoms with Crippen LogP contribution in [0.4, 0.5) is 0 Å². The molecule has 0 saturated heterocycles. The first-order valence-corrected chi connectivity index (χ1v) is 7.09. The first kappa shape index (κ1) is 11.5. The highest BCUT2D eigenvalue weighted by molar-refractivity contribution is 4.92. The van der Waals surface area contributed by atoms with Crippen molar-refractivity contribution < 1.29 is 0 Å². The standard InChI is InChI=1S/C15H28/c1-10(2)13-8-14(11(3)4)15(9-13)12-6-5-7-12/h10-15H,5-9H2,1-4H3. The van der Waals surface area contributed by atoms with Crippen LogP contribution >= 0.6 is 0 Å². The predicted molar refractivity (Wildman–Crippen MR) is 66.7 cm³/mol. The number of hydrogen-bond acceptors (Lipinski definition) is 0. The molecule has 88 valence electrons. The third-order valence-corrected chi connectivity index (χ3v) is 5.25. The molecule has 0 radical (unpaired) electrons. The van der Waals surface area contributed by atoms with Gasteiger partial charge in [0.1, 0.15) is 0 Å². The molecule has 0 heterocycles. The second-order valence-corrected chi connectivity index (χ2v) is 6.74. The van der Waals surface area contributed by atoms with Gasteiger partial charge < -0.3 is 0 Å². The van der Waals surface area contributed by atoms with Crippen molar-refractivity contribution >= 4 is 0 Å². The minimum absolute atomic E-state index is 0.913. The highest BCUT2D eigenvalue weighted by Gasteiger charge is 2.42. The molecule has 2 saturated carbocycles. The molecule has 3 atom stereocenters. The highest BCUT2D eigenvalue weighted by atomic mass is 14.5. The van der Waals surface area contributed by atoms with Crippen molar-refractivity contribution in [3.05, 3.63) is 0 Å². The fraction of sp³-hybridized carbons (Fsp3) is 1.00. The topological polar surface area (TPSA) is 0 Å². The van der Waals surface area contributed by atoms with Gasteiger partial charge in [-0.25, -0.2) is 0 Å². The van der Waals surface area contributed by atoms with Gasteiger partial charge in [0.15, 0.2) is 0 Å². The molecule has 0 N–H and O–H groups in total. The van der Waals surface area contributed by atoms with Crippen LogP contribution in [0.3, 0.4) is 0 Å². The van der Waals surface area contributed by atoms with Gasteiger partial charge in [-0.05, 0) is 48.3 Å². The Bertz CT molecular complexity index is 200. The van der Waals surface area contributed by atoms with Gasteiger partial charge in [-0.2, -0.15) is 0 Å². The van der Waals surface area contributed by atoms with Gasteiger partial charge in [-0.1, -0.05) is 47.0 Å². The van der Waals surface area contributed by atoms with Gasteiger partial charge in [0, 0.05) is 0 Å². The SMILES string of the molecule is CC(C)C1CC(C(C)C)C(C2CCC2)C1. The summed E-state index contributed by atoms with van der Waals surface area (Å²) in [6, 6.07) is 0. The molecule has 0 heteroatoms. The molecule has 0 aliphatic heterocycles. The summed E-state index contributed by atoms with van der Waals surface area (Å²) in [6.45, 7) is 9.73. The summed E-state index contributed by atoms with van der Waals surface area (Å²) < 4.78 is 0. The molecule has 2 aliphatic rings. The minimum atomic E-state index is 0.913. The van der Waals surface area contributed by atoms with E-state index in [-0.39, 0.29) is 0 Å². The summed E-state index contributed by atoms with van der Waals surface area (Å²) in [7, 11) is 0. The fourth-order valence-electron chi connectivity index (χ4n) is 3.87. The van der Waals surface area contributed by atoms with Crippen molar-refractivity contribution in [2.75, 3.05) is 0 Å². The highest BCUT2D eigenvalue weighted by Crippen LogP contribution is 2.51. The van der Waals surface area contributed by atoms with Crippen LogP contribution in [-0.2, 0) is 0 Å². The van der Waals surface area contributed by atoms with E-state index in [1.807, 2.05) is 0 Å². The van der Waals surface area contributed by atoms with Crippen molar-refractivity contribution in [3.63, 3.8) is 0 Å². The average molecular weight is 208 g/mol. The zero-order valence-corrected chi connectivity index (χ0v) is 11.0. The van der Waals surface area contributed by atoms with E-state index in [9.17, 15) is 0 Å². The summed E-state index contributed by atoms with van der Waals surface area (Å²) in [4.78, 5) is 0. The molecular formula is C15H28. The van der Waals surface area contributed by atoms with Gasteiger partial charge >= 0.3 is 0 Å². The Kier molecular flexibility index (Phi) is 3.42. The van der Waals surface area contributed by atoms with Crippen LogP contribution in [0.5, 0.6) is 0 Å². The third kappa shape index (κ3) is 2.24. The maximum Gasteiger partial charge on any atom is -0.0352 e. The maximum atomic E-state index is 2.44. The Morgan fingerprint density at radius 2 is 1.53 bits per heavy atom. The molecule has 0 aromatic heterocycles. The van der Waals surface area contributed by atoms with E-state index in [1.54, 1.807) is 19.3 Å². The van der Waals surface area contributed by atoms with Crippen LogP contribution in [0.25, 0.3) is 0 Å². The maximum absolute atomic E-state index is 2.44. The lowest BCUT2D eigenvalue weighted by atomic mass is 9.69. The van der Waals surface area contributed by atoms with Crippen molar-refractivity contribution in [1.82, 2.24) is 0 Å². The summed E-state index contributed by atoms with van der Waals surface area (Å²) >= 11 is 0. The summed E-state index contributed by atoms with van der Waals surface area (Å²) in [5, 5.41) is 0. The first-order valence-electron chi connectivity index (χ1n) is 7.09. The third-order valence-electron chi connectivity index (χ3n) is 5.25. The van der Waals surface area contributed by atoms with E-state index in [2.05, 4.69) is 27.7 Å². The van der Waals surface area contributed by atoms with Crippen LogP contribution in [0.2, 0.25) is 0 Å². The Labute approximate surface area is 95.8 Å². The molecule has 0 bridgehead atoms. The summed E-state index contributed by atoms with van der Waals surface area (Å²) in [6.07, 6.45) is 7.66. The van der Waals surface area contributed by atoms with Gasteiger partial charge in [-0.15, -0.1) is 0 Å². The monoisotopic (exact) mass is 208 g/mol. The van der Waals surface area contributed by atoms with Crippen LogP contribution in [-0.4, -0.2) is 0 Å². The fourth-order valence-corrected chi connectivity index (χ4v) is 3.87. The Balaban J connectivity index is 2.00. The molecule has 15 heavy (non-hydrogen) atoms. The van der Waals surface area contributed by atoms with Gasteiger partial charge in [-0.3, -0.25) is 0 Å². The van der Waals surface area contributed by atoms with E-state index < -0.39 is 0 Å². The minimum Gasteiger partial charge on any atom is -0.0625 e. The summed E-state index contributed by atoms with van der Waals surface area (Å²) in [5.74, 6) is 6.11. The molecule has 0 aromatic rings. The predicted octanol–water partition coefficient (Wildman–Crippen LogP) is 4.74. The van der Waals surface area contributed by atoms with Crippen LogP contribution < -0.4 is 0 Å². The lowest BCUT2D eigenvalue weighted by Gasteiger charge is -2.36. The zero-order chi connectivity index (χ0) is 11.0. The molecule has 2 fully saturated rings. The van der Waals surface area contributed by atoms with Gasteiger partial charge in [0.05, 0.1) is 0 Å². The van der Waals surface area contributed by atoms with E-state index in [0.29, 0.717) is 0 Å². The van der Waals surface area contributed by atoms with E-state index in [4.69, 9.17) is 0 Å². The first-order chi connectivity index (χ1) is 7.09. The molecule has 0 spiro atoms. The quantitative estimate of drug-likeness (QED) is 0.628. The number of hydrogen-bond donors (Lipinski definition) is 0. The molecule has 3 unspecified atom stereocenters. The normalized spacial score (nSPS) is 37.6. The van der Waals surface area contributed by atoms with Gasteiger partial charge in [0.2, 0.25) is 0 Å². The summed E-state index contributed by atoms with van der Waals surface area (Å²) in [5.41, 5.74) is 0. The van der Waals surface area contributed by atoms with Crippen LogP contribution in [0.1, 0.15) is 59.8 Å². The van der Waals surface area contributed by atoms with Gasteiger partial charge in [0.25, 0.3) is 0 Å². The molecular weight excluding hydrogens is 180 g/mol. The van der Waals surface area contributed by atoms with E-state index in [0.717, 1.165) is 35.5 Å². The van der Waals surface area contributed by atoms with E-state index >= 15 is 0 Å². The zero-order valence-electron chi connectivity index (χ0n) is 11.0. The Morgan fingerprint density at radius 3 is 1.93 bits per heavy atom. The van der Waals surface area contributed by atoms with Crippen LogP contribution in [0, 0.1) is 35.5 Å². The van der Waals surface area contributed by atoms with Crippen molar-refractivity contribution in [1.29, 1.82) is 0 Å². The lowest BCUT2D eigenvalue weighted by molar-refractivity contribution is 0.139. The molecule has 0 nitrogen and oxygen atoms in total. The Hall–Kier alpha value is 0. The molecule has 2 aliphatic carbocycles. The second-order valence-electron chi connectivity index (χ2n) is 6.74. The van der Waals surface area contributed by atoms with Crippen molar-refractivity contribution in [2.45, 2.75) is 59.8 Å². The largest absolute Gasteiger partial charge is 0.0625 e. The van der Waals surface area contributed by atoms with Crippen molar-refractivity contribution in [3.8, 4) is 0 Å². The Morgan fingerprint density at radius 1 is 0.867 bits per heavy atom.